The van der Waals surface area contributed by atoms with Gasteiger partial charge in [-0.3, -0.25) is 0 Å². The monoisotopic (exact) mass is 230 g/mol. The van der Waals surface area contributed by atoms with E-state index in [9.17, 15) is 9.59 Å². The Kier molecular flexibility index (Phi) is 3.74. The zero-order valence-corrected chi connectivity index (χ0v) is 8.85. The summed E-state index contributed by atoms with van der Waals surface area (Å²) in [6, 6.07) is 0. The van der Waals surface area contributed by atoms with Crippen molar-refractivity contribution in [2.24, 2.45) is 0 Å². The van der Waals surface area contributed by atoms with E-state index in [1.807, 2.05) is 0 Å². The fourth-order valence-corrected chi connectivity index (χ4v) is 1.10. The van der Waals surface area contributed by atoms with Gasteiger partial charge in [0.2, 0.25) is 0 Å². The highest BCUT2D eigenvalue weighted by Crippen LogP contribution is 2.11. The summed E-state index contributed by atoms with van der Waals surface area (Å²) in [6.45, 7) is 1.63. The number of rotatable bonds is 7. The van der Waals surface area contributed by atoms with Crippen molar-refractivity contribution in [2.75, 3.05) is 26.4 Å². The van der Waals surface area contributed by atoms with Crippen LogP contribution < -0.4 is 0 Å². The molecule has 0 aromatic carbocycles. The van der Waals surface area contributed by atoms with Crippen molar-refractivity contribution in [2.45, 2.75) is 25.0 Å². The van der Waals surface area contributed by atoms with Crippen LogP contribution >= 0.6 is 0 Å². The first-order chi connectivity index (χ1) is 7.77. The Morgan fingerprint density at radius 1 is 0.938 bits per heavy atom. The van der Waals surface area contributed by atoms with Crippen LogP contribution in [0, 0.1) is 0 Å². The molecule has 2 unspecified atom stereocenters. The van der Waals surface area contributed by atoms with Gasteiger partial charge in [-0.15, -0.1) is 0 Å². The smallest absolute Gasteiger partial charge is 0.337 e. The van der Waals surface area contributed by atoms with Crippen LogP contribution in [0.2, 0.25) is 0 Å². The minimum atomic E-state index is -0.343. The average molecular weight is 230 g/mol. The van der Waals surface area contributed by atoms with Crippen LogP contribution in [0.4, 0.5) is 0 Å². The number of hydrogen-bond donors (Lipinski definition) is 0. The third-order valence-electron chi connectivity index (χ3n) is 2.22. The molecule has 2 heterocycles. The average Bonchev–Trinajstić information content (AvgIpc) is 3.15. The second kappa shape index (κ2) is 5.27. The minimum Gasteiger partial charge on any atom is -0.464 e. The predicted molar refractivity (Wildman–Crippen MR) is 50.6 cm³/mol. The van der Waals surface area contributed by atoms with Crippen molar-refractivity contribution >= 4 is 11.9 Å². The van der Waals surface area contributed by atoms with Crippen LogP contribution in [-0.4, -0.2) is 50.6 Å². The first-order valence-electron chi connectivity index (χ1n) is 5.34. The molecule has 16 heavy (non-hydrogen) atoms. The fourth-order valence-electron chi connectivity index (χ4n) is 1.10. The van der Waals surface area contributed by atoms with Gasteiger partial charge in [-0.1, -0.05) is 0 Å². The van der Waals surface area contributed by atoms with Crippen molar-refractivity contribution in [1.29, 1.82) is 0 Å². The normalized spacial score (nSPS) is 26.0. The molecule has 0 spiro atoms. The number of carbonyl (C=O) groups excluding carboxylic acids is 2. The van der Waals surface area contributed by atoms with Gasteiger partial charge in [0.25, 0.3) is 0 Å². The molecular formula is C10H14O6. The molecule has 0 bridgehead atoms. The van der Waals surface area contributed by atoms with E-state index in [4.69, 9.17) is 18.9 Å². The Labute approximate surface area is 92.8 Å². The molecule has 90 valence electrons. The van der Waals surface area contributed by atoms with Gasteiger partial charge >= 0.3 is 11.9 Å². The van der Waals surface area contributed by atoms with E-state index in [0.29, 0.717) is 39.3 Å². The summed E-state index contributed by atoms with van der Waals surface area (Å²) in [5.41, 5.74) is 0. The Bertz CT molecular complexity index is 240. The minimum absolute atomic E-state index is 0.302. The molecule has 2 rings (SSSR count). The summed E-state index contributed by atoms with van der Waals surface area (Å²) >= 11 is 0. The highest BCUT2D eigenvalue weighted by atomic mass is 16.6. The Morgan fingerprint density at radius 2 is 1.31 bits per heavy atom. The number of esters is 2. The quantitative estimate of drug-likeness (QED) is 0.338. The summed E-state index contributed by atoms with van der Waals surface area (Å²) in [5, 5.41) is 0. The largest absolute Gasteiger partial charge is 0.464 e. The van der Waals surface area contributed by atoms with E-state index >= 15 is 0 Å². The number of unbranched alkanes of at least 4 members (excludes halogenated alkanes) is 1. The molecule has 2 fully saturated rings. The lowest BCUT2D eigenvalue weighted by atomic mass is 10.3. The highest BCUT2D eigenvalue weighted by Gasteiger charge is 2.33. The van der Waals surface area contributed by atoms with Crippen LogP contribution in [0.15, 0.2) is 0 Å². The van der Waals surface area contributed by atoms with Gasteiger partial charge in [-0.2, -0.15) is 0 Å². The molecule has 2 aliphatic heterocycles. The maximum Gasteiger partial charge on any atom is 0.337 e. The lowest BCUT2D eigenvalue weighted by Gasteiger charge is -2.03. The molecule has 2 aliphatic rings. The molecule has 6 nitrogen and oxygen atoms in total. The predicted octanol–water partition coefficient (Wildman–Crippen LogP) is -0.349. The first-order valence-corrected chi connectivity index (χ1v) is 5.34. The molecule has 2 saturated heterocycles. The van der Waals surface area contributed by atoms with Crippen molar-refractivity contribution in [3.63, 3.8) is 0 Å². The van der Waals surface area contributed by atoms with E-state index in [1.165, 1.54) is 0 Å². The molecule has 6 heteroatoms. The molecule has 0 aliphatic carbocycles. The van der Waals surface area contributed by atoms with Gasteiger partial charge in [0.15, 0.2) is 12.2 Å². The van der Waals surface area contributed by atoms with Crippen molar-refractivity contribution < 1.29 is 28.5 Å². The van der Waals surface area contributed by atoms with E-state index in [2.05, 4.69) is 0 Å². The Morgan fingerprint density at radius 3 is 1.62 bits per heavy atom. The molecule has 0 aromatic heterocycles. The third kappa shape index (κ3) is 3.79. The first kappa shape index (κ1) is 11.3. The van der Waals surface area contributed by atoms with Gasteiger partial charge in [-0.25, -0.2) is 9.59 Å². The van der Waals surface area contributed by atoms with Gasteiger partial charge < -0.3 is 18.9 Å². The maximum atomic E-state index is 11.0. The van der Waals surface area contributed by atoms with E-state index in [0.717, 1.165) is 0 Å². The SMILES string of the molecule is O=C(OCCCCOC(=O)C1CO1)C1CO1. The molecule has 0 aromatic rings. The van der Waals surface area contributed by atoms with Gasteiger partial charge in [0, 0.05) is 0 Å². The Hall–Kier alpha value is -1.14. The summed E-state index contributed by atoms with van der Waals surface area (Å²) in [7, 11) is 0. The van der Waals surface area contributed by atoms with Crippen LogP contribution in [0.3, 0.4) is 0 Å². The standard InChI is InChI=1S/C10H14O6/c11-9(7-5-15-7)13-3-1-2-4-14-10(12)8-6-16-8/h7-8H,1-6H2. The number of epoxide rings is 2. The number of hydrogen-bond acceptors (Lipinski definition) is 6. The molecule has 0 N–H and O–H groups in total. The van der Waals surface area contributed by atoms with E-state index in [1.54, 1.807) is 0 Å². The summed E-state index contributed by atoms with van der Waals surface area (Å²) in [5.74, 6) is -0.605. The summed E-state index contributed by atoms with van der Waals surface area (Å²) < 4.78 is 19.3. The lowest BCUT2D eigenvalue weighted by Crippen LogP contribution is -2.14. The zero-order valence-electron chi connectivity index (χ0n) is 8.85. The van der Waals surface area contributed by atoms with Crippen LogP contribution in [0.5, 0.6) is 0 Å². The van der Waals surface area contributed by atoms with Crippen molar-refractivity contribution in [3.05, 3.63) is 0 Å². The van der Waals surface area contributed by atoms with E-state index in [-0.39, 0.29) is 24.1 Å². The maximum absolute atomic E-state index is 11.0. The topological polar surface area (TPSA) is 77.7 Å². The second-order valence-electron chi connectivity index (χ2n) is 3.69. The third-order valence-corrected chi connectivity index (χ3v) is 2.22. The highest BCUT2D eigenvalue weighted by molar-refractivity contribution is 5.77. The van der Waals surface area contributed by atoms with Crippen LogP contribution in [0.25, 0.3) is 0 Å². The molecule has 2 atom stereocenters. The molecule has 0 saturated carbocycles. The van der Waals surface area contributed by atoms with Gasteiger partial charge in [0.1, 0.15) is 0 Å². The Balaban J connectivity index is 1.39. The molecule has 0 amide bonds. The second-order valence-corrected chi connectivity index (χ2v) is 3.69. The number of carbonyl (C=O) groups is 2. The van der Waals surface area contributed by atoms with Gasteiger partial charge in [0.05, 0.1) is 26.4 Å². The van der Waals surface area contributed by atoms with Crippen molar-refractivity contribution in [3.8, 4) is 0 Å². The van der Waals surface area contributed by atoms with Crippen LogP contribution in [-0.2, 0) is 28.5 Å². The molecule has 0 radical (unpaired) electrons. The summed E-state index contributed by atoms with van der Waals surface area (Å²) in [4.78, 5) is 22.0. The zero-order chi connectivity index (χ0) is 11.4. The molecular weight excluding hydrogens is 216 g/mol. The lowest BCUT2D eigenvalue weighted by molar-refractivity contribution is -0.147. The van der Waals surface area contributed by atoms with Crippen molar-refractivity contribution in [1.82, 2.24) is 0 Å². The van der Waals surface area contributed by atoms with E-state index < -0.39 is 0 Å². The summed E-state index contributed by atoms with van der Waals surface area (Å²) in [6.07, 6.45) is 0.670. The number of ether oxygens (including phenoxy) is 4. The van der Waals surface area contributed by atoms with Crippen LogP contribution in [0.1, 0.15) is 12.8 Å². The fraction of sp³-hybridized carbons (Fsp3) is 0.800. The van der Waals surface area contributed by atoms with Gasteiger partial charge in [-0.05, 0) is 12.8 Å².